The summed E-state index contributed by atoms with van der Waals surface area (Å²) < 4.78 is 0. The van der Waals surface area contributed by atoms with Crippen LogP contribution in [0.4, 0.5) is 10.5 Å². The van der Waals surface area contributed by atoms with Gasteiger partial charge in [-0.15, -0.1) is 11.3 Å². The number of amides is 2. The van der Waals surface area contributed by atoms with Crippen LogP contribution in [0.25, 0.3) is 10.6 Å². The highest BCUT2D eigenvalue weighted by Crippen LogP contribution is 2.25. The molecule has 1 aliphatic carbocycles. The summed E-state index contributed by atoms with van der Waals surface area (Å²) in [5.41, 5.74) is 1.72. The molecule has 0 radical (unpaired) electrons. The Kier molecular flexibility index (Phi) is 4.70. The largest absolute Gasteiger partial charge is 0.393 e. The fourth-order valence-corrected chi connectivity index (χ4v) is 3.39. The normalized spacial score (nSPS) is 20.8. The standard InChI is InChI=1S/C16H19N3O2S/c20-14-6-2-4-12(14)10-18-16(21)19-13-5-1-3-11(9-13)15-17-7-8-22-15/h1,3,5,7-9,12,14,20H,2,4,6,10H2,(H2,18,19,21)/t12-,14+/m1/s1. The predicted molar refractivity (Wildman–Crippen MR) is 87.9 cm³/mol. The molecule has 5 nitrogen and oxygen atoms in total. The van der Waals surface area contributed by atoms with Crippen LogP contribution >= 0.6 is 11.3 Å². The molecule has 1 heterocycles. The third-order valence-electron chi connectivity index (χ3n) is 3.94. The molecule has 0 bridgehead atoms. The number of urea groups is 1. The van der Waals surface area contributed by atoms with Gasteiger partial charge in [-0.1, -0.05) is 18.6 Å². The van der Waals surface area contributed by atoms with E-state index in [4.69, 9.17) is 0 Å². The average molecular weight is 317 g/mol. The van der Waals surface area contributed by atoms with E-state index in [1.165, 1.54) is 0 Å². The average Bonchev–Trinajstić information content (AvgIpc) is 3.17. The van der Waals surface area contributed by atoms with E-state index in [2.05, 4.69) is 15.6 Å². The maximum Gasteiger partial charge on any atom is 0.319 e. The monoisotopic (exact) mass is 317 g/mol. The van der Waals surface area contributed by atoms with Crippen molar-refractivity contribution in [2.75, 3.05) is 11.9 Å². The number of aliphatic hydroxyl groups is 1. The van der Waals surface area contributed by atoms with Crippen LogP contribution in [-0.2, 0) is 0 Å². The van der Waals surface area contributed by atoms with Crippen molar-refractivity contribution in [2.45, 2.75) is 25.4 Å². The summed E-state index contributed by atoms with van der Waals surface area (Å²) in [6.45, 7) is 0.513. The van der Waals surface area contributed by atoms with Crippen molar-refractivity contribution in [3.05, 3.63) is 35.8 Å². The maximum atomic E-state index is 12.0. The zero-order valence-corrected chi connectivity index (χ0v) is 13.0. The molecule has 0 spiro atoms. The second-order valence-electron chi connectivity index (χ2n) is 5.51. The van der Waals surface area contributed by atoms with E-state index in [-0.39, 0.29) is 18.1 Å². The van der Waals surface area contributed by atoms with Crippen molar-refractivity contribution in [3.8, 4) is 10.6 Å². The summed E-state index contributed by atoms with van der Waals surface area (Å²) >= 11 is 1.56. The number of hydrogen-bond acceptors (Lipinski definition) is 4. The summed E-state index contributed by atoms with van der Waals surface area (Å²) in [7, 11) is 0. The summed E-state index contributed by atoms with van der Waals surface area (Å²) in [6.07, 6.45) is 4.32. The molecule has 1 aromatic carbocycles. The summed E-state index contributed by atoms with van der Waals surface area (Å²) in [4.78, 5) is 16.2. The van der Waals surface area contributed by atoms with Gasteiger partial charge in [0.1, 0.15) is 5.01 Å². The Bertz CT molecular complexity index is 630. The van der Waals surface area contributed by atoms with Gasteiger partial charge < -0.3 is 15.7 Å². The molecule has 1 saturated carbocycles. The number of nitrogens with one attached hydrogen (secondary N) is 2. The van der Waals surface area contributed by atoms with Crippen LogP contribution in [0.5, 0.6) is 0 Å². The molecule has 3 rings (SSSR count). The fourth-order valence-electron chi connectivity index (χ4n) is 2.75. The van der Waals surface area contributed by atoms with Crippen LogP contribution in [-0.4, -0.2) is 28.8 Å². The number of rotatable bonds is 4. The molecule has 116 valence electrons. The van der Waals surface area contributed by atoms with Crippen LogP contribution in [0, 0.1) is 5.92 Å². The first-order chi connectivity index (χ1) is 10.7. The minimum Gasteiger partial charge on any atom is -0.393 e. The van der Waals surface area contributed by atoms with E-state index in [9.17, 15) is 9.90 Å². The molecular weight excluding hydrogens is 298 g/mol. The van der Waals surface area contributed by atoms with Gasteiger partial charge in [0.05, 0.1) is 6.10 Å². The quantitative estimate of drug-likeness (QED) is 0.811. The Morgan fingerprint density at radius 1 is 1.41 bits per heavy atom. The SMILES string of the molecule is O=C(NC[C@H]1CCC[C@@H]1O)Nc1cccc(-c2nccs2)c1. The number of nitrogens with zero attached hydrogens (tertiary/aromatic N) is 1. The highest BCUT2D eigenvalue weighted by molar-refractivity contribution is 7.13. The van der Waals surface area contributed by atoms with Crippen molar-refractivity contribution in [3.63, 3.8) is 0 Å². The third kappa shape index (κ3) is 3.64. The first-order valence-electron chi connectivity index (χ1n) is 7.45. The van der Waals surface area contributed by atoms with Gasteiger partial charge in [-0.05, 0) is 25.0 Å². The predicted octanol–water partition coefficient (Wildman–Crippen LogP) is 3.09. The van der Waals surface area contributed by atoms with E-state index in [0.717, 1.165) is 35.5 Å². The van der Waals surface area contributed by atoms with Crippen molar-refractivity contribution in [1.82, 2.24) is 10.3 Å². The van der Waals surface area contributed by atoms with Gasteiger partial charge in [0.15, 0.2) is 0 Å². The number of carbonyl (C=O) groups is 1. The molecule has 2 atom stereocenters. The Morgan fingerprint density at radius 2 is 2.32 bits per heavy atom. The molecule has 0 unspecified atom stereocenters. The zero-order valence-electron chi connectivity index (χ0n) is 12.2. The van der Waals surface area contributed by atoms with Crippen molar-refractivity contribution in [2.24, 2.45) is 5.92 Å². The van der Waals surface area contributed by atoms with E-state index >= 15 is 0 Å². The Labute approximate surface area is 133 Å². The Hall–Kier alpha value is -1.92. The lowest BCUT2D eigenvalue weighted by atomic mass is 10.1. The summed E-state index contributed by atoms with van der Waals surface area (Å²) in [5, 5.41) is 18.3. The van der Waals surface area contributed by atoms with Gasteiger partial charge in [-0.2, -0.15) is 0 Å². The zero-order chi connectivity index (χ0) is 15.4. The fraction of sp³-hybridized carbons (Fsp3) is 0.375. The number of aliphatic hydroxyl groups excluding tert-OH is 1. The molecule has 2 amide bonds. The number of aromatic nitrogens is 1. The molecule has 6 heteroatoms. The van der Waals surface area contributed by atoms with E-state index in [1.54, 1.807) is 17.5 Å². The number of hydrogen-bond donors (Lipinski definition) is 3. The highest BCUT2D eigenvalue weighted by atomic mass is 32.1. The van der Waals surface area contributed by atoms with Gasteiger partial charge in [-0.3, -0.25) is 0 Å². The molecule has 1 aromatic heterocycles. The van der Waals surface area contributed by atoms with E-state index < -0.39 is 0 Å². The lowest BCUT2D eigenvalue weighted by Crippen LogP contribution is -2.35. The number of carbonyl (C=O) groups excluding carboxylic acids is 1. The molecule has 0 aliphatic heterocycles. The second kappa shape index (κ2) is 6.89. The molecule has 1 fully saturated rings. The van der Waals surface area contributed by atoms with Gasteiger partial charge in [0, 0.05) is 35.3 Å². The Balaban J connectivity index is 1.56. The van der Waals surface area contributed by atoms with Crippen LogP contribution in [0.3, 0.4) is 0 Å². The van der Waals surface area contributed by atoms with E-state index in [1.807, 2.05) is 29.6 Å². The molecule has 3 N–H and O–H groups in total. The number of anilines is 1. The van der Waals surface area contributed by atoms with Gasteiger partial charge in [0.2, 0.25) is 0 Å². The smallest absolute Gasteiger partial charge is 0.319 e. The first kappa shape index (κ1) is 15.0. The van der Waals surface area contributed by atoms with Crippen LogP contribution in [0.1, 0.15) is 19.3 Å². The molecule has 2 aromatic rings. The minimum absolute atomic E-state index is 0.174. The summed E-state index contributed by atoms with van der Waals surface area (Å²) in [5.74, 6) is 0.174. The number of benzene rings is 1. The van der Waals surface area contributed by atoms with Crippen LogP contribution in [0.15, 0.2) is 35.8 Å². The minimum atomic E-state index is -0.284. The van der Waals surface area contributed by atoms with Gasteiger partial charge in [0.25, 0.3) is 0 Å². The molecular formula is C16H19N3O2S. The summed E-state index contributed by atoms with van der Waals surface area (Å²) in [6, 6.07) is 7.38. The van der Waals surface area contributed by atoms with Gasteiger partial charge >= 0.3 is 6.03 Å². The molecule has 22 heavy (non-hydrogen) atoms. The Morgan fingerprint density at radius 3 is 3.05 bits per heavy atom. The highest BCUT2D eigenvalue weighted by Gasteiger charge is 2.25. The first-order valence-corrected chi connectivity index (χ1v) is 8.33. The maximum absolute atomic E-state index is 12.0. The van der Waals surface area contributed by atoms with Crippen LogP contribution in [0.2, 0.25) is 0 Å². The van der Waals surface area contributed by atoms with Crippen molar-refractivity contribution < 1.29 is 9.90 Å². The molecule has 0 saturated heterocycles. The topological polar surface area (TPSA) is 74.2 Å². The lowest BCUT2D eigenvalue weighted by molar-refractivity contribution is 0.133. The third-order valence-corrected chi connectivity index (χ3v) is 4.77. The van der Waals surface area contributed by atoms with Crippen molar-refractivity contribution >= 4 is 23.1 Å². The lowest BCUT2D eigenvalue weighted by Gasteiger charge is -2.15. The number of thiazole rings is 1. The van der Waals surface area contributed by atoms with Gasteiger partial charge in [-0.25, -0.2) is 9.78 Å². The van der Waals surface area contributed by atoms with Crippen molar-refractivity contribution in [1.29, 1.82) is 0 Å². The van der Waals surface area contributed by atoms with Crippen LogP contribution < -0.4 is 10.6 Å². The second-order valence-corrected chi connectivity index (χ2v) is 6.41. The molecule has 1 aliphatic rings. The van der Waals surface area contributed by atoms with E-state index in [0.29, 0.717) is 6.54 Å².